The Hall–Kier alpha value is -1.03. The second kappa shape index (κ2) is 6.05. The molecule has 0 amide bonds. The first-order valence-corrected chi connectivity index (χ1v) is 5.89. The van der Waals surface area contributed by atoms with E-state index in [4.69, 9.17) is 0 Å². The molecule has 4 heteroatoms. The molecule has 0 spiro atoms. The molecule has 0 aliphatic rings. The van der Waals surface area contributed by atoms with Crippen molar-refractivity contribution in [3.8, 4) is 0 Å². The minimum absolute atomic E-state index is 0.146. The summed E-state index contributed by atoms with van der Waals surface area (Å²) in [5.41, 5.74) is 0.328. The second-order valence-electron chi connectivity index (χ2n) is 4.02. The zero-order valence-corrected chi connectivity index (χ0v) is 10.1. The summed E-state index contributed by atoms with van der Waals surface area (Å²) in [5, 5.41) is 3.28. The summed E-state index contributed by atoms with van der Waals surface area (Å²) in [6.45, 7) is 4.87. The van der Waals surface area contributed by atoms with Crippen molar-refractivity contribution in [2.45, 2.75) is 38.9 Å². The first-order chi connectivity index (χ1) is 7.99. The van der Waals surface area contributed by atoms with Crippen LogP contribution in [0, 0.1) is 0 Å². The van der Waals surface area contributed by atoms with Gasteiger partial charge in [0.2, 0.25) is 0 Å². The summed E-state index contributed by atoms with van der Waals surface area (Å²) in [5.74, 6) is 0. The van der Waals surface area contributed by atoms with Crippen molar-refractivity contribution in [1.29, 1.82) is 0 Å². The predicted octanol–water partition coefficient (Wildman–Crippen LogP) is 4.16. The van der Waals surface area contributed by atoms with Gasteiger partial charge in [-0.2, -0.15) is 13.2 Å². The van der Waals surface area contributed by atoms with Crippen molar-refractivity contribution in [3.63, 3.8) is 0 Å². The molecule has 1 aromatic rings. The summed E-state index contributed by atoms with van der Waals surface area (Å²) in [4.78, 5) is 0. The lowest BCUT2D eigenvalue weighted by atomic mass is 10.0. The number of halogens is 3. The van der Waals surface area contributed by atoms with Crippen LogP contribution in [0.4, 0.5) is 13.2 Å². The Morgan fingerprint density at radius 1 is 1.12 bits per heavy atom. The number of hydrogen-bond acceptors (Lipinski definition) is 1. The van der Waals surface area contributed by atoms with Crippen LogP contribution in [-0.2, 0) is 6.18 Å². The fraction of sp³-hybridized carbons (Fsp3) is 0.538. The number of benzene rings is 1. The average Bonchev–Trinajstić information content (AvgIpc) is 2.28. The van der Waals surface area contributed by atoms with Gasteiger partial charge >= 0.3 is 6.18 Å². The van der Waals surface area contributed by atoms with Crippen LogP contribution >= 0.6 is 0 Å². The molecule has 0 aliphatic heterocycles. The maximum absolute atomic E-state index is 12.4. The van der Waals surface area contributed by atoms with E-state index in [1.54, 1.807) is 12.1 Å². The van der Waals surface area contributed by atoms with Gasteiger partial charge in [-0.15, -0.1) is 0 Å². The van der Waals surface area contributed by atoms with Crippen LogP contribution in [0.5, 0.6) is 0 Å². The molecular weight excluding hydrogens is 227 g/mol. The molecule has 17 heavy (non-hydrogen) atoms. The van der Waals surface area contributed by atoms with E-state index in [1.165, 1.54) is 0 Å². The molecule has 1 atom stereocenters. The maximum atomic E-state index is 12.4. The van der Waals surface area contributed by atoms with E-state index in [9.17, 15) is 13.2 Å². The molecule has 1 rings (SSSR count). The lowest BCUT2D eigenvalue weighted by molar-refractivity contribution is -0.137. The smallest absolute Gasteiger partial charge is 0.310 e. The molecule has 1 aromatic carbocycles. The summed E-state index contributed by atoms with van der Waals surface area (Å²) < 4.78 is 37.2. The molecule has 0 aliphatic carbocycles. The predicted molar refractivity (Wildman–Crippen MR) is 62.8 cm³/mol. The molecule has 0 bridgehead atoms. The first kappa shape index (κ1) is 14.0. The summed E-state index contributed by atoms with van der Waals surface area (Å²) in [7, 11) is 0. The van der Waals surface area contributed by atoms with E-state index >= 15 is 0 Å². The number of alkyl halides is 3. The van der Waals surface area contributed by atoms with Gasteiger partial charge in [0.05, 0.1) is 5.56 Å². The van der Waals surface area contributed by atoms with Gasteiger partial charge in [0.15, 0.2) is 0 Å². The van der Waals surface area contributed by atoms with Gasteiger partial charge in [-0.05, 0) is 30.7 Å². The molecule has 0 fully saturated rings. The van der Waals surface area contributed by atoms with Gasteiger partial charge in [0.25, 0.3) is 0 Å². The molecule has 0 saturated heterocycles. The van der Waals surface area contributed by atoms with E-state index in [2.05, 4.69) is 12.2 Å². The van der Waals surface area contributed by atoms with Crippen LogP contribution in [0.2, 0.25) is 0 Å². The van der Waals surface area contributed by atoms with Crippen molar-refractivity contribution >= 4 is 0 Å². The average molecular weight is 245 g/mol. The van der Waals surface area contributed by atoms with E-state index in [0.29, 0.717) is 0 Å². The Kier molecular flexibility index (Phi) is 5.00. The second-order valence-corrected chi connectivity index (χ2v) is 4.02. The van der Waals surface area contributed by atoms with Crippen molar-refractivity contribution in [1.82, 2.24) is 5.32 Å². The Balaban J connectivity index is 2.84. The highest BCUT2D eigenvalue weighted by Crippen LogP contribution is 2.30. The van der Waals surface area contributed by atoms with E-state index in [1.807, 2.05) is 6.92 Å². The zero-order valence-electron chi connectivity index (χ0n) is 10.1. The molecule has 0 radical (unpaired) electrons. The Bertz CT molecular complexity index is 324. The van der Waals surface area contributed by atoms with Crippen LogP contribution in [0.3, 0.4) is 0 Å². The van der Waals surface area contributed by atoms with Gasteiger partial charge in [-0.3, -0.25) is 0 Å². The standard InChI is InChI=1S/C13H18F3N/c1-3-5-12(17-4-2)10-6-8-11(9-7-10)13(14,15)16/h6-9,12,17H,3-5H2,1-2H3. The van der Waals surface area contributed by atoms with E-state index < -0.39 is 11.7 Å². The lowest BCUT2D eigenvalue weighted by Gasteiger charge is -2.18. The van der Waals surface area contributed by atoms with Crippen LogP contribution in [0.1, 0.15) is 43.9 Å². The molecule has 1 N–H and O–H groups in total. The minimum Gasteiger partial charge on any atom is -0.310 e. The first-order valence-electron chi connectivity index (χ1n) is 5.89. The van der Waals surface area contributed by atoms with E-state index in [-0.39, 0.29) is 6.04 Å². The zero-order chi connectivity index (χ0) is 12.9. The fourth-order valence-electron chi connectivity index (χ4n) is 1.83. The summed E-state index contributed by atoms with van der Waals surface area (Å²) in [6, 6.07) is 5.56. The van der Waals surface area contributed by atoms with Crippen LogP contribution in [0.25, 0.3) is 0 Å². The van der Waals surface area contributed by atoms with Gasteiger partial charge in [0.1, 0.15) is 0 Å². The minimum atomic E-state index is -4.25. The number of hydrogen-bond donors (Lipinski definition) is 1. The maximum Gasteiger partial charge on any atom is 0.416 e. The molecule has 96 valence electrons. The summed E-state index contributed by atoms with van der Waals surface area (Å²) in [6.07, 6.45) is -2.32. The molecule has 1 nitrogen and oxygen atoms in total. The highest BCUT2D eigenvalue weighted by molar-refractivity contribution is 5.26. The van der Waals surface area contributed by atoms with Crippen LogP contribution in [0.15, 0.2) is 24.3 Å². The van der Waals surface area contributed by atoms with Crippen molar-refractivity contribution in [2.24, 2.45) is 0 Å². The molecule has 0 saturated carbocycles. The normalized spacial score (nSPS) is 13.7. The third-order valence-electron chi connectivity index (χ3n) is 2.67. The monoisotopic (exact) mass is 245 g/mol. The molecule has 0 aromatic heterocycles. The SMILES string of the molecule is CCCC(NCC)c1ccc(C(F)(F)F)cc1. The number of nitrogens with one attached hydrogen (secondary N) is 1. The molecule has 0 heterocycles. The van der Waals surface area contributed by atoms with Crippen molar-refractivity contribution < 1.29 is 13.2 Å². The van der Waals surface area contributed by atoms with Crippen molar-refractivity contribution in [3.05, 3.63) is 35.4 Å². The van der Waals surface area contributed by atoms with Crippen LogP contribution in [-0.4, -0.2) is 6.54 Å². The Labute approximate surface area is 100 Å². The van der Waals surface area contributed by atoms with Gasteiger partial charge in [-0.1, -0.05) is 32.4 Å². The van der Waals surface area contributed by atoms with Crippen LogP contribution < -0.4 is 5.32 Å². The number of rotatable bonds is 5. The lowest BCUT2D eigenvalue weighted by Crippen LogP contribution is -2.20. The molecule has 1 unspecified atom stereocenters. The molecular formula is C13H18F3N. The van der Waals surface area contributed by atoms with Gasteiger partial charge in [0, 0.05) is 6.04 Å². The fourth-order valence-corrected chi connectivity index (χ4v) is 1.83. The van der Waals surface area contributed by atoms with Gasteiger partial charge in [-0.25, -0.2) is 0 Å². The van der Waals surface area contributed by atoms with E-state index in [0.717, 1.165) is 37.1 Å². The van der Waals surface area contributed by atoms with Crippen molar-refractivity contribution in [2.75, 3.05) is 6.54 Å². The highest BCUT2D eigenvalue weighted by Gasteiger charge is 2.30. The highest BCUT2D eigenvalue weighted by atomic mass is 19.4. The Morgan fingerprint density at radius 2 is 1.71 bits per heavy atom. The largest absolute Gasteiger partial charge is 0.416 e. The third kappa shape index (κ3) is 4.04. The summed E-state index contributed by atoms with van der Waals surface area (Å²) >= 11 is 0. The quantitative estimate of drug-likeness (QED) is 0.821. The van der Waals surface area contributed by atoms with Gasteiger partial charge < -0.3 is 5.32 Å². The third-order valence-corrected chi connectivity index (χ3v) is 2.67. The topological polar surface area (TPSA) is 12.0 Å². The Morgan fingerprint density at radius 3 is 2.12 bits per heavy atom.